The first-order chi connectivity index (χ1) is 11.0. The largest absolute Gasteiger partial charge is 0.307 e. The maximum atomic E-state index is 5.91. The van der Waals surface area contributed by atoms with Crippen LogP contribution in [0, 0.1) is 0 Å². The molecule has 0 radical (unpaired) electrons. The summed E-state index contributed by atoms with van der Waals surface area (Å²) in [6.07, 6.45) is 3.21. The number of hydrogen-bond donors (Lipinski definition) is 0. The lowest BCUT2D eigenvalue weighted by atomic mass is 10.1. The van der Waals surface area contributed by atoms with E-state index in [9.17, 15) is 0 Å². The molecule has 0 fully saturated rings. The second kappa shape index (κ2) is 6.33. The molecule has 3 aromatic rings. The van der Waals surface area contributed by atoms with Crippen molar-refractivity contribution in [1.82, 2.24) is 29.5 Å². The lowest BCUT2D eigenvalue weighted by Gasteiger charge is -2.23. The van der Waals surface area contributed by atoms with Gasteiger partial charge in [0.25, 0.3) is 0 Å². The van der Waals surface area contributed by atoms with Gasteiger partial charge >= 0.3 is 0 Å². The van der Waals surface area contributed by atoms with Crippen molar-refractivity contribution in [2.24, 2.45) is 7.05 Å². The van der Waals surface area contributed by atoms with Crippen LogP contribution in [0.5, 0.6) is 0 Å². The fourth-order valence-corrected chi connectivity index (χ4v) is 3.29. The molecule has 6 nitrogen and oxygen atoms in total. The lowest BCUT2D eigenvalue weighted by molar-refractivity contribution is 0.354. The van der Waals surface area contributed by atoms with Crippen molar-refractivity contribution >= 4 is 23.4 Å². The Morgan fingerprint density at radius 1 is 1.17 bits per heavy atom. The number of hydrogen-bond acceptors (Lipinski definition) is 5. The van der Waals surface area contributed by atoms with Crippen LogP contribution in [0.15, 0.2) is 42.1 Å². The summed E-state index contributed by atoms with van der Waals surface area (Å²) < 4.78 is 3.78. The Labute approximate surface area is 143 Å². The van der Waals surface area contributed by atoms with Gasteiger partial charge in [-0.3, -0.25) is 0 Å². The molecule has 0 saturated carbocycles. The summed E-state index contributed by atoms with van der Waals surface area (Å²) in [7, 11) is 1.97. The Bertz CT molecular complexity index is 779. The first-order valence-corrected chi connectivity index (χ1v) is 8.47. The minimum absolute atomic E-state index is 0.419. The van der Waals surface area contributed by atoms with E-state index in [2.05, 4.69) is 20.3 Å². The topological polar surface area (TPSA) is 61.4 Å². The molecule has 0 aliphatic heterocycles. The zero-order valence-corrected chi connectivity index (χ0v) is 14.7. The highest BCUT2D eigenvalue weighted by Crippen LogP contribution is 2.27. The third kappa shape index (κ3) is 3.25. The highest BCUT2D eigenvalue weighted by Gasteiger charge is 2.30. The Morgan fingerprint density at radius 2 is 1.91 bits per heavy atom. The molecule has 0 saturated heterocycles. The van der Waals surface area contributed by atoms with Crippen LogP contribution in [0.2, 0.25) is 5.02 Å². The van der Waals surface area contributed by atoms with E-state index in [0.717, 1.165) is 21.8 Å². The van der Waals surface area contributed by atoms with Gasteiger partial charge in [-0.15, -0.1) is 10.2 Å². The molecule has 0 aliphatic rings. The van der Waals surface area contributed by atoms with Crippen molar-refractivity contribution < 1.29 is 0 Å². The van der Waals surface area contributed by atoms with Gasteiger partial charge in [0, 0.05) is 17.8 Å². The SMILES string of the molecule is Cn1c(SCc2ccc(Cl)cc2)nnc1C(C)(C)n1cncn1. The molecule has 0 amide bonds. The summed E-state index contributed by atoms with van der Waals surface area (Å²) in [4.78, 5) is 4.01. The molecule has 120 valence electrons. The number of rotatable bonds is 5. The fourth-order valence-electron chi connectivity index (χ4n) is 2.30. The van der Waals surface area contributed by atoms with Gasteiger partial charge in [0.2, 0.25) is 0 Å². The summed E-state index contributed by atoms with van der Waals surface area (Å²) in [5, 5.41) is 14.5. The average molecular weight is 349 g/mol. The fraction of sp³-hybridized carbons (Fsp3) is 0.333. The standard InChI is InChI=1S/C15H17ClN6S/c1-15(2,22-10-17-9-18-22)13-19-20-14(21(13)3)23-8-11-4-6-12(16)7-5-11/h4-7,9-10H,8H2,1-3H3. The molecule has 3 rings (SSSR count). The van der Waals surface area contributed by atoms with E-state index in [-0.39, 0.29) is 0 Å². The number of halogens is 1. The third-order valence-electron chi connectivity index (χ3n) is 3.65. The van der Waals surface area contributed by atoms with Crippen LogP contribution in [0.4, 0.5) is 0 Å². The van der Waals surface area contributed by atoms with Crippen LogP contribution >= 0.6 is 23.4 Å². The summed E-state index contributed by atoms with van der Waals surface area (Å²) in [6, 6.07) is 7.83. The predicted molar refractivity (Wildman–Crippen MR) is 90.5 cm³/mol. The van der Waals surface area contributed by atoms with E-state index in [1.165, 1.54) is 11.9 Å². The van der Waals surface area contributed by atoms with Crippen LogP contribution < -0.4 is 0 Å². The molecular formula is C15H17ClN6S. The average Bonchev–Trinajstić information content (AvgIpc) is 3.17. The Hall–Kier alpha value is -1.86. The Balaban J connectivity index is 1.78. The quantitative estimate of drug-likeness (QED) is 0.663. The van der Waals surface area contributed by atoms with Gasteiger partial charge in [-0.25, -0.2) is 9.67 Å². The van der Waals surface area contributed by atoms with Crippen LogP contribution in [-0.2, 0) is 18.3 Å². The summed E-state index contributed by atoms with van der Waals surface area (Å²) >= 11 is 7.55. The number of nitrogens with zero attached hydrogens (tertiary/aromatic N) is 6. The molecule has 1 aromatic carbocycles. The van der Waals surface area contributed by atoms with Crippen molar-refractivity contribution in [3.8, 4) is 0 Å². The highest BCUT2D eigenvalue weighted by atomic mass is 35.5. The summed E-state index contributed by atoms with van der Waals surface area (Å²) in [5.41, 5.74) is 0.775. The number of aromatic nitrogens is 6. The van der Waals surface area contributed by atoms with E-state index in [0.29, 0.717) is 0 Å². The lowest BCUT2D eigenvalue weighted by Crippen LogP contribution is -2.31. The molecule has 0 atom stereocenters. The van der Waals surface area contributed by atoms with Gasteiger partial charge in [-0.05, 0) is 31.5 Å². The first-order valence-electron chi connectivity index (χ1n) is 7.10. The van der Waals surface area contributed by atoms with Gasteiger partial charge in [0.15, 0.2) is 11.0 Å². The molecule has 23 heavy (non-hydrogen) atoms. The monoisotopic (exact) mass is 348 g/mol. The minimum Gasteiger partial charge on any atom is -0.307 e. The molecule has 8 heteroatoms. The van der Waals surface area contributed by atoms with Gasteiger partial charge < -0.3 is 4.57 Å². The van der Waals surface area contributed by atoms with Crippen molar-refractivity contribution in [1.29, 1.82) is 0 Å². The third-order valence-corrected chi connectivity index (χ3v) is 5.00. The Kier molecular flexibility index (Phi) is 4.41. The highest BCUT2D eigenvalue weighted by molar-refractivity contribution is 7.98. The van der Waals surface area contributed by atoms with Crippen LogP contribution in [0.25, 0.3) is 0 Å². The predicted octanol–water partition coefficient (Wildman–Crippen LogP) is 3.14. The molecule has 0 N–H and O–H groups in total. The molecule has 2 heterocycles. The van der Waals surface area contributed by atoms with Gasteiger partial charge in [0.05, 0.1) is 0 Å². The maximum Gasteiger partial charge on any atom is 0.191 e. The molecule has 2 aromatic heterocycles. The second-order valence-corrected chi connectivity index (χ2v) is 7.06. The maximum absolute atomic E-state index is 5.91. The van der Waals surface area contributed by atoms with Crippen molar-refractivity contribution in [2.75, 3.05) is 0 Å². The number of thioether (sulfide) groups is 1. The van der Waals surface area contributed by atoms with Crippen molar-refractivity contribution in [3.05, 3.63) is 53.3 Å². The second-order valence-electron chi connectivity index (χ2n) is 5.68. The van der Waals surface area contributed by atoms with Gasteiger partial charge in [0.1, 0.15) is 18.2 Å². The van der Waals surface area contributed by atoms with E-state index >= 15 is 0 Å². The van der Waals surface area contributed by atoms with Crippen molar-refractivity contribution in [2.45, 2.75) is 30.3 Å². The van der Waals surface area contributed by atoms with E-state index in [1.54, 1.807) is 22.8 Å². The zero-order chi connectivity index (χ0) is 16.4. The number of benzene rings is 1. The summed E-state index contributed by atoms with van der Waals surface area (Å²) in [5.74, 6) is 1.65. The van der Waals surface area contributed by atoms with Crippen LogP contribution in [0.3, 0.4) is 0 Å². The minimum atomic E-state index is -0.419. The zero-order valence-electron chi connectivity index (χ0n) is 13.1. The van der Waals surface area contributed by atoms with E-state index < -0.39 is 5.54 Å². The smallest absolute Gasteiger partial charge is 0.191 e. The van der Waals surface area contributed by atoms with E-state index in [1.807, 2.05) is 49.7 Å². The molecule has 0 bridgehead atoms. The van der Waals surface area contributed by atoms with Crippen molar-refractivity contribution in [3.63, 3.8) is 0 Å². The van der Waals surface area contributed by atoms with Crippen LogP contribution in [0.1, 0.15) is 25.2 Å². The summed E-state index contributed by atoms with van der Waals surface area (Å²) in [6.45, 7) is 4.08. The molecular weight excluding hydrogens is 332 g/mol. The van der Waals surface area contributed by atoms with E-state index in [4.69, 9.17) is 11.6 Å². The van der Waals surface area contributed by atoms with Gasteiger partial charge in [-0.2, -0.15) is 5.10 Å². The van der Waals surface area contributed by atoms with Gasteiger partial charge in [-0.1, -0.05) is 35.5 Å². The molecule has 0 spiro atoms. The molecule has 0 unspecified atom stereocenters. The normalized spacial score (nSPS) is 11.8. The van der Waals surface area contributed by atoms with Crippen LogP contribution in [-0.4, -0.2) is 29.5 Å². The first kappa shape index (κ1) is 16.0. The Morgan fingerprint density at radius 3 is 2.57 bits per heavy atom. The molecule has 0 aliphatic carbocycles.